The van der Waals surface area contributed by atoms with E-state index in [0.29, 0.717) is 34.5 Å². The van der Waals surface area contributed by atoms with Crippen LogP contribution in [0, 0.1) is 12.8 Å². The van der Waals surface area contributed by atoms with Crippen molar-refractivity contribution in [3.8, 4) is 0 Å². The molecule has 22 heavy (non-hydrogen) atoms. The van der Waals surface area contributed by atoms with Crippen LogP contribution < -0.4 is 5.32 Å². The van der Waals surface area contributed by atoms with Gasteiger partial charge in [-0.3, -0.25) is 0 Å². The lowest BCUT2D eigenvalue weighted by Gasteiger charge is -2.31. The van der Waals surface area contributed by atoms with E-state index in [0.717, 1.165) is 25.9 Å². The number of nitrogens with zero attached hydrogens (tertiary/aromatic N) is 1. The summed E-state index contributed by atoms with van der Waals surface area (Å²) in [5, 5.41) is 3.83. The number of hydrogen-bond donors (Lipinski definition) is 1. The van der Waals surface area contributed by atoms with Crippen molar-refractivity contribution in [2.75, 3.05) is 26.2 Å². The van der Waals surface area contributed by atoms with E-state index < -0.39 is 10.0 Å². The van der Waals surface area contributed by atoms with Gasteiger partial charge in [0.15, 0.2) is 0 Å². The van der Waals surface area contributed by atoms with Gasteiger partial charge in [0.2, 0.25) is 10.0 Å². The van der Waals surface area contributed by atoms with Gasteiger partial charge in [0.1, 0.15) is 0 Å². The van der Waals surface area contributed by atoms with Gasteiger partial charge < -0.3 is 5.32 Å². The molecule has 1 aliphatic heterocycles. The Balaban J connectivity index is 0.00000242. The molecular formula is C15H24Cl2N2O2S. The van der Waals surface area contributed by atoms with Gasteiger partial charge in [-0.15, -0.1) is 12.4 Å². The second-order valence-corrected chi connectivity index (χ2v) is 7.83. The van der Waals surface area contributed by atoms with Gasteiger partial charge in [-0.05, 0) is 56.5 Å². The van der Waals surface area contributed by atoms with E-state index in [2.05, 4.69) is 12.2 Å². The molecule has 0 atom stereocenters. The highest BCUT2D eigenvalue weighted by Crippen LogP contribution is 2.28. The van der Waals surface area contributed by atoms with Crippen LogP contribution in [0.25, 0.3) is 0 Å². The van der Waals surface area contributed by atoms with Gasteiger partial charge in [-0.1, -0.05) is 24.6 Å². The van der Waals surface area contributed by atoms with Crippen molar-refractivity contribution < 1.29 is 8.42 Å². The molecule has 2 rings (SSSR count). The van der Waals surface area contributed by atoms with Crippen LogP contribution in [0.2, 0.25) is 5.02 Å². The summed E-state index contributed by atoms with van der Waals surface area (Å²) >= 11 is 6.05. The molecule has 0 radical (unpaired) electrons. The standard InChI is InChI=1S/C15H23ClN2O2S.ClH/c1-3-17-11-13-7-9-18(10-8-13)21(19,20)15-6-4-5-14(16)12(15)2;/h4-6,13,17H,3,7-11H2,1-2H3;1H. The van der Waals surface area contributed by atoms with Crippen LogP contribution in [-0.4, -0.2) is 38.9 Å². The maximum absolute atomic E-state index is 12.7. The average Bonchev–Trinajstić information content (AvgIpc) is 2.48. The summed E-state index contributed by atoms with van der Waals surface area (Å²) < 4.78 is 27.1. The van der Waals surface area contributed by atoms with E-state index in [1.807, 2.05) is 0 Å². The molecule has 0 spiro atoms. The minimum Gasteiger partial charge on any atom is -0.317 e. The van der Waals surface area contributed by atoms with E-state index >= 15 is 0 Å². The van der Waals surface area contributed by atoms with Crippen molar-refractivity contribution in [3.05, 3.63) is 28.8 Å². The van der Waals surface area contributed by atoms with Crippen LogP contribution in [0.15, 0.2) is 23.1 Å². The fourth-order valence-corrected chi connectivity index (χ4v) is 4.66. The molecule has 0 amide bonds. The van der Waals surface area contributed by atoms with Crippen LogP contribution >= 0.6 is 24.0 Å². The summed E-state index contributed by atoms with van der Waals surface area (Å²) in [6.45, 7) is 6.95. The van der Waals surface area contributed by atoms with Gasteiger partial charge >= 0.3 is 0 Å². The Morgan fingerprint density at radius 2 is 1.95 bits per heavy atom. The van der Waals surface area contributed by atoms with Crippen LogP contribution in [-0.2, 0) is 10.0 Å². The fourth-order valence-electron chi connectivity index (χ4n) is 2.71. The summed E-state index contributed by atoms with van der Waals surface area (Å²) in [4.78, 5) is 0.333. The van der Waals surface area contributed by atoms with Crippen molar-refractivity contribution in [1.29, 1.82) is 0 Å². The molecule has 126 valence electrons. The zero-order valence-corrected chi connectivity index (χ0v) is 15.4. The molecule has 1 aliphatic rings. The molecule has 0 saturated carbocycles. The first-order valence-corrected chi connectivity index (χ1v) is 9.24. The smallest absolute Gasteiger partial charge is 0.243 e. The van der Waals surface area contributed by atoms with E-state index in [1.54, 1.807) is 29.4 Å². The number of halogens is 2. The second kappa shape index (κ2) is 8.50. The summed E-state index contributed by atoms with van der Waals surface area (Å²) in [5.41, 5.74) is 0.633. The summed E-state index contributed by atoms with van der Waals surface area (Å²) in [7, 11) is -3.43. The largest absolute Gasteiger partial charge is 0.317 e. The van der Waals surface area contributed by atoms with E-state index in [9.17, 15) is 8.42 Å². The topological polar surface area (TPSA) is 49.4 Å². The second-order valence-electron chi connectivity index (χ2n) is 5.52. The summed E-state index contributed by atoms with van der Waals surface area (Å²) in [5.74, 6) is 0.567. The van der Waals surface area contributed by atoms with Crippen molar-refractivity contribution >= 4 is 34.0 Å². The first kappa shape index (κ1) is 19.7. The van der Waals surface area contributed by atoms with Gasteiger partial charge in [0, 0.05) is 18.1 Å². The third kappa shape index (κ3) is 4.36. The summed E-state index contributed by atoms with van der Waals surface area (Å²) in [6.07, 6.45) is 1.82. The molecule has 1 fully saturated rings. The van der Waals surface area contributed by atoms with Crippen molar-refractivity contribution in [2.45, 2.75) is 31.6 Å². The van der Waals surface area contributed by atoms with Gasteiger partial charge in [0.05, 0.1) is 4.90 Å². The van der Waals surface area contributed by atoms with E-state index in [4.69, 9.17) is 11.6 Å². The highest BCUT2D eigenvalue weighted by Gasteiger charge is 2.30. The molecule has 4 nitrogen and oxygen atoms in total. The van der Waals surface area contributed by atoms with Crippen molar-refractivity contribution in [3.63, 3.8) is 0 Å². The zero-order valence-electron chi connectivity index (χ0n) is 13.0. The monoisotopic (exact) mass is 366 g/mol. The van der Waals surface area contributed by atoms with E-state index in [-0.39, 0.29) is 12.4 Å². The highest BCUT2D eigenvalue weighted by atomic mass is 35.5. The third-order valence-electron chi connectivity index (χ3n) is 4.09. The van der Waals surface area contributed by atoms with Crippen LogP contribution in [0.3, 0.4) is 0 Å². The SMILES string of the molecule is CCNCC1CCN(S(=O)(=O)c2cccc(Cl)c2C)CC1.Cl. The molecule has 1 aromatic carbocycles. The predicted molar refractivity (Wildman–Crippen MR) is 93.5 cm³/mol. The maximum Gasteiger partial charge on any atom is 0.243 e. The normalized spacial score (nSPS) is 17.2. The molecule has 0 bridgehead atoms. The molecule has 7 heteroatoms. The Hall–Kier alpha value is -0.330. The Bertz CT molecular complexity index is 585. The maximum atomic E-state index is 12.7. The van der Waals surface area contributed by atoms with Gasteiger partial charge in [-0.2, -0.15) is 4.31 Å². The number of hydrogen-bond acceptors (Lipinski definition) is 3. The van der Waals surface area contributed by atoms with Crippen LogP contribution in [0.4, 0.5) is 0 Å². The molecule has 1 aromatic rings. The quantitative estimate of drug-likeness (QED) is 0.870. The zero-order chi connectivity index (χ0) is 15.5. The molecule has 1 N–H and O–H groups in total. The first-order valence-electron chi connectivity index (χ1n) is 7.42. The Kier molecular flexibility index (Phi) is 7.62. The number of rotatable bonds is 5. The highest BCUT2D eigenvalue weighted by molar-refractivity contribution is 7.89. The molecule has 0 aromatic heterocycles. The number of nitrogens with one attached hydrogen (secondary N) is 1. The first-order chi connectivity index (χ1) is 9.96. The Morgan fingerprint density at radius 3 is 2.55 bits per heavy atom. The summed E-state index contributed by atoms with van der Waals surface area (Å²) in [6, 6.07) is 5.06. The number of piperidine rings is 1. The lowest BCUT2D eigenvalue weighted by atomic mass is 9.98. The molecule has 0 unspecified atom stereocenters. The van der Waals surface area contributed by atoms with Crippen molar-refractivity contribution in [2.24, 2.45) is 5.92 Å². The fraction of sp³-hybridized carbons (Fsp3) is 0.600. The molecule has 1 heterocycles. The predicted octanol–water partition coefficient (Wildman–Crippen LogP) is 3.08. The molecular weight excluding hydrogens is 343 g/mol. The lowest BCUT2D eigenvalue weighted by molar-refractivity contribution is 0.268. The van der Waals surface area contributed by atoms with Crippen LogP contribution in [0.5, 0.6) is 0 Å². The van der Waals surface area contributed by atoms with E-state index in [1.165, 1.54) is 0 Å². The Morgan fingerprint density at radius 1 is 1.32 bits per heavy atom. The molecule has 0 aliphatic carbocycles. The molecule has 1 saturated heterocycles. The number of benzene rings is 1. The third-order valence-corrected chi connectivity index (χ3v) is 6.54. The van der Waals surface area contributed by atoms with Crippen molar-refractivity contribution in [1.82, 2.24) is 9.62 Å². The Labute approximate surface area is 144 Å². The minimum absolute atomic E-state index is 0. The minimum atomic E-state index is -3.43. The van der Waals surface area contributed by atoms with Gasteiger partial charge in [0.25, 0.3) is 0 Å². The van der Waals surface area contributed by atoms with Crippen LogP contribution in [0.1, 0.15) is 25.3 Å². The average molecular weight is 367 g/mol. The van der Waals surface area contributed by atoms with Gasteiger partial charge in [-0.25, -0.2) is 8.42 Å². The number of sulfonamides is 1. The lowest BCUT2D eigenvalue weighted by Crippen LogP contribution is -2.40.